The minimum Gasteiger partial charge on any atom is -0.308 e. The number of rotatable bonds is 3. The summed E-state index contributed by atoms with van der Waals surface area (Å²) in [6.45, 7) is 7.40. The second-order valence-electron chi connectivity index (χ2n) is 7.43. The predicted octanol–water partition coefficient (Wildman–Crippen LogP) is 3.56. The monoisotopic (exact) mass is 264 g/mol. The largest absolute Gasteiger partial charge is 0.308 e. The molecule has 2 saturated carbocycles. The zero-order chi connectivity index (χ0) is 13.3. The van der Waals surface area contributed by atoms with Crippen LogP contribution >= 0.6 is 0 Å². The molecule has 2 unspecified atom stereocenters. The highest BCUT2D eigenvalue weighted by atomic mass is 15.3. The Morgan fingerprint density at radius 3 is 2.47 bits per heavy atom. The molecule has 0 aromatic rings. The Hall–Kier alpha value is -0.0800. The molecule has 1 heterocycles. The molecule has 0 radical (unpaired) electrons. The van der Waals surface area contributed by atoms with Crippen molar-refractivity contribution in [2.75, 3.05) is 13.1 Å². The van der Waals surface area contributed by atoms with E-state index in [2.05, 4.69) is 24.1 Å². The first kappa shape index (κ1) is 13.9. The first-order valence-corrected chi connectivity index (χ1v) is 8.75. The van der Waals surface area contributed by atoms with Crippen molar-refractivity contribution in [3.8, 4) is 0 Å². The van der Waals surface area contributed by atoms with Crippen LogP contribution in [0.1, 0.15) is 71.6 Å². The molecule has 3 fully saturated rings. The SMILES string of the molecule is CCC(C)C1CNC2(CCCC2)CN1C1CCCC1. The molecule has 1 spiro atoms. The maximum Gasteiger partial charge on any atom is 0.0309 e. The minimum absolute atomic E-state index is 0.493. The van der Waals surface area contributed by atoms with E-state index in [0.29, 0.717) is 5.54 Å². The maximum atomic E-state index is 3.97. The van der Waals surface area contributed by atoms with Gasteiger partial charge in [-0.15, -0.1) is 0 Å². The molecule has 2 atom stereocenters. The van der Waals surface area contributed by atoms with E-state index in [1.165, 1.54) is 70.9 Å². The second kappa shape index (κ2) is 5.73. The lowest BCUT2D eigenvalue weighted by molar-refractivity contribution is 0.0194. The number of nitrogens with zero attached hydrogens (tertiary/aromatic N) is 1. The average molecular weight is 264 g/mol. The van der Waals surface area contributed by atoms with Gasteiger partial charge in [0, 0.05) is 30.7 Å². The summed E-state index contributed by atoms with van der Waals surface area (Å²) >= 11 is 0. The molecule has 0 bridgehead atoms. The van der Waals surface area contributed by atoms with Crippen LogP contribution in [-0.2, 0) is 0 Å². The number of piperazine rings is 1. The summed E-state index contributed by atoms with van der Waals surface area (Å²) in [6.07, 6.45) is 12.9. The minimum atomic E-state index is 0.493. The fourth-order valence-electron chi connectivity index (χ4n) is 4.78. The van der Waals surface area contributed by atoms with Crippen molar-refractivity contribution in [1.82, 2.24) is 10.2 Å². The Balaban J connectivity index is 1.74. The van der Waals surface area contributed by atoms with Gasteiger partial charge in [0.2, 0.25) is 0 Å². The lowest BCUT2D eigenvalue weighted by atomic mass is 9.86. The zero-order valence-corrected chi connectivity index (χ0v) is 13.0. The van der Waals surface area contributed by atoms with Crippen LogP contribution < -0.4 is 5.32 Å². The van der Waals surface area contributed by atoms with Crippen molar-refractivity contribution in [2.45, 2.75) is 89.3 Å². The van der Waals surface area contributed by atoms with Crippen molar-refractivity contribution in [1.29, 1.82) is 0 Å². The number of hydrogen-bond acceptors (Lipinski definition) is 2. The smallest absolute Gasteiger partial charge is 0.0309 e. The van der Waals surface area contributed by atoms with Crippen LogP contribution in [0, 0.1) is 5.92 Å². The molecule has 1 saturated heterocycles. The molecule has 1 aliphatic heterocycles. The molecular weight excluding hydrogens is 232 g/mol. The third kappa shape index (κ3) is 2.71. The topological polar surface area (TPSA) is 15.3 Å². The van der Waals surface area contributed by atoms with Crippen LogP contribution in [0.3, 0.4) is 0 Å². The highest BCUT2D eigenvalue weighted by Gasteiger charge is 2.44. The lowest BCUT2D eigenvalue weighted by Gasteiger charge is -2.50. The summed E-state index contributed by atoms with van der Waals surface area (Å²) in [5.41, 5.74) is 0.493. The molecule has 19 heavy (non-hydrogen) atoms. The quantitative estimate of drug-likeness (QED) is 0.838. The normalized spacial score (nSPS) is 34.1. The third-order valence-corrected chi connectivity index (χ3v) is 6.25. The molecule has 2 aliphatic carbocycles. The van der Waals surface area contributed by atoms with Crippen molar-refractivity contribution in [3.63, 3.8) is 0 Å². The highest BCUT2D eigenvalue weighted by molar-refractivity contribution is 5.03. The highest BCUT2D eigenvalue weighted by Crippen LogP contribution is 2.38. The molecule has 2 heteroatoms. The van der Waals surface area contributed by atoms with Gasteiger partial charge in [-0.05, 0) is 31.6 Å². The Kier molecular flexibility index (Phi) is 4.19. The van der Waals surface area contributed by atoms with Gasteiger partial charge in [0.25, 0.3) is 0 Å². The van der Waals surface area contributed by atoms with Gasteiger partial charge in [-0.1, -0.05) is 46.0 Å². The molecule has 3 rings (SSSR count). The second-order valence-corrected chi connectivity index (χ2v) is 7.43. The lowest BCUT2D eigenvalue weighted by Crippen LogP contribution is -2.66. The summed E-state index contributed by atoms with van der Waals surface area (Å²) in [5.74, 6) is 0.840. The number of nitrogens with one attached hydrogen (secondary N) is 1. The van der Waals surface area contributed by atoms with Crippen LogP contribution in [-0.4, -0.2) is 35.6 Å². The van der Waals surface area contributed by atoms with E-state index >= 15 is 0 Å². The van der Waals surface area contributed by atoms with E-state index in [9.17, 15) is 0 Å². The Morgan fingerprint density at radius 1 is 1.16 bits per heavy atom. The Morgan fingerprint density at radius 2 is 1.84 bits per heavy atom. The van der Waals surface area contributed by atoms with Crippen LogP contribution in [0.15, 0.2) is 0 Å². The van der Waals surface area contributed by atoms with Crippen molar-refractivity contribution < 1.29 is 0 Å². The fourth-order valence-corrected chi connectivity index (χ4v) is 4.78. The van der Waals surface area contributed by atoms with E-state index in [-0.39, 0.29) is 0 Å². The van der Waals surface area contributed by atoms with Gasteiger partial charge in [0.15, 0.2) is 0 Å². The van der Waals surface area contributed by atoms with Gasteiger partial charge >= 0.3 is 0 Å². The molecule has 2 nitrogen and oxygen atoms in total. The summed E-state index contributed by atoms with van der Waals surface area (Å²) in [6, 6.07) is 1.69. The van der Waals surface area contributed by atoms with Crippen LogP contribution in [0.4, 0.5) is 0 Å². The fraction of sp³-hybridized carbons (Fsp3) is 1.00. The van der Waals surface area contributed by atoms with Gasteiger partial charge in [0.05, 0.1) is 0 Å². The Bertz CT molecular complexity index is 290. The van der Waals surface area contributed by atoms with E-state index in [0.717, 1.165) is 18.0 Å². The number of hydrogen-bond donors (Lipinski definition) is 1. The van der Waals surface area contributed by atoms with Gasteiger partial charge < -0.3 is 5.32 Å². The van der Waals surface area contributed by atoms with Gasteiger partial charge in [-0.2, -0.15) is 0 Å². The summed E-state index contributed by atoms with van der Waals surface area (Å²) in [7, 11) is 0. The predicted molar refractivity (Wildman–Crippen MR) is 81.4 cm³/mol. The van der Waals surface area contributed by atoms with Crippen molar-refractivity contribution in [2.24, 2.45) is 5.92 Å². The summed E-state index contributed by atoms with van der Waals surface area (Å²) in [4.78, 5) is 2.95. The van der Waals surface area contributed by atoms with E-state index in [1.807, 2.05) is 0 Å². The molecule has 1 N–H and O–H groups in total. The first-order valence-electron chi connectivity index (χ1n) is 8.75. The van der Waals surface area contributed by atoms with Crippen molar-refractivity contribution in [3.05, 3.63) is 0 Å². The standard InChI is InChI=1S/C17H32N2/c1-3-14(2)16-12-18-17(10-6-7-11-17)13-19(16)15-8-4-5-9-15/h14-16,18H,3-13H2,1-2H3. The van der Waals surface area contributed by atoms with Gasteiger partial charge in [-0.3, -0.25) is 4.90 Å². The molecule has 0 aromatic heterocycles. The molecule has 3 aliphatic rings. The van der Waals surface area contributed by atoms with Crippen LogP contribution in [0.5, 0.6) is 0 Å². The summed E-state index contributed by atoms with van der Waals surface area (Å²) in [5, 5.41) is 3.97. The first-order chi connectivity index (χ1) is 9.24. The third-order valence-electron chi connectivity index (χ3n) is 6.25. The summed E-state index contributed by atoms with van der Waals surface area (Å²) < 4.78 is 0. The van der Waals surface area contributed by atoms with E-state index < -0.39 is 0 Å². The van der Waals surface area contributed by atoms with Crippen LogP contribution in [0.2, 0.25) is 0 Å². The molecule has 110 valence electrons. The average Bonchev–Trinajstić information content (AvgIpc) is 3.10. The van der Waals surface area contributed by atoms with Gasteiger partial charge in [-0.25, -0.2) is 0 Å². The molecule has 0 amide bonds. The molecule has 0 aromatic carbocycles. The zero-order valence-electron chi connectivity index (χ0n) is 13.0. The van der Waals surface area contributed by atoms with E-state index in [1.54, 1.807) is 0 Å². The van der Waals surface area contributed by atoms with Crippen molar-refractivity contribution >= 4 is 0 Å². The van der Waals surface area contributed by atoms with Crippen LogP contribution in [0.25, 0.3) is 0 Å². The van der Waals surface area contributed by atoms with E-state index in [4.69, 9.17) is 0 Å². The Labute approximate surface area is 119 Å². The van der Waals surface area contributed by atoms with Gasteiger partial charge in [0.1, 0.15) is 0 Å². The maximum absolute atomic E-state index is 3.97. The molecular formula is C17H32N2.